The first-order chi connectivity index (χ1) is 9.86. The van der Waals surface area contributed by atoms with E-state index < -0.39 is 10.0 Å². The van der Waals surface area contributed by atoms with E-state index >= 15 is 0 Å². The van der Waals surface area contributed by atoms with Crippen LogP contribution in [0.5, 0.6) is 6.01 Å². The molecule has 1 heterocycles. The van der Waals surface area contributed by atoms with Gasteiger partial charge in [0.05, 0.1) is 11.9 Å². The quantitative estimate of drug-likeness (QED) is 0.343. The molecule has 1 rings (SSSR count). The Morgan fingerprint density at radius 3 is 2.48 bits per heavy atom. The third-order valence-corrected chi connectivity index (χ3v) is 3.57. The molecule has 0 amide bonds. The van der Waals surface area contributed by atoms with E-state index in [2.05, 4.69) is 30.4 Å². The molecule has 0 aliphatic rings. The van der Waals surface area contributed by atoms with Gasteiger partial charge in [0.15, 0.2) is 0 Å². The van der Waals surface area contributed by atoms with Crippen molar-refractivity contribution >= 4 is 21.9 Å². The normalized spacial score (nSPS) is 11.5. The average molecular weight is 319 g/mol. The van der Waals surface area contributed by atoms with Crippen LogP contribution in [-0.2, 0) is 10.0 Å². The lowest BCUT2D eigenvalue weighted by molar-refractivity contribution is 0.222. The monoisotopic (exact) mass is 319 g/mol. The van der Waals surface area contributed by atoms with Gasteiger partial charge < -0.3 is 10.1 Å². The van der Waals surface area contributed by atoms with E-state index in [1.807, 2.05) is 13.8 Å². The summed E-state index contributed by atoms with van der Waals surface area (Å²) in [5, 5.41) is 2.79. The summed E-state index contributed by atoms with van der Waals surface area (Å²) < 4.78 is 30.7. The predicted octanol–water partition coefficient (Wildman–Crippen LogP) is -0.704. The van der Waals surface area contributed by atoms with Gasteiger partial charge in [-0.25, -0.2) is 19.0 Å². The fourth-order valence-corrected chi connectivity index (χ4v) is 2.31. The average Bonchev–Trinajstić information content (AvgIpc) is 2.37. The molecule has 0 spiro atoms. The molecule has 0 aliphatic carbocycles. The summed E-state index contributed by atoms with van der Waals surface area (Å²) >= 11 is 0. The van der Waals surface area contributed by atoms with Crippen LogP contribution in [0.4, 0.5) is 11.9 Å². The minimum atomic E-state index is -3.30. The fourth-order valence-electron chi connectivity index (χ4n) is 1.35. The number of ether oxygens (including phenoxy) is 1. The van der Waals surface area contributed by atoms with Crippen molar-refractivity contribution in [2.24, 2.45) is 5.84 Å². The molecule has 21 heavy (non-hydrogen) atoms. The van der Waals surface area contributed by atoms with Crippen molar-refractivity contribution in [1.82, 2.24) is 19.7 Å². The van der Waals surface area contributed by atoms with Crippen LogP contribution >= 0.6 is 0 Å². The third-order valence-electron chi connectivity index (χ3n) is 2.10. The lowest BCUT2D eigenvalue weighted by Crippen LogP contribution is -2.29. The number of nitrogen functional groups attached to an aromatic ring is 1. The van der Waals surface area contributed by atoms with Crippen molar-refractivity contribution in [1.29, 1.82) is 0 Å². The van der Waals surface area contributed by atoms with Crippen LogP contribution in [0.15, 0.2) is 0 Å². The van der Waals surface area contributed by atoms with E-state index in [0.717, 1.165) is 0 Å². The molecule has 0 unspecified atom stereocenters. The minimum absolute atomic E-state index is 0.0989. The van der Waals surface area contributed by atoms with Gasteiger partial charge in [0, 0.05) is 13.1 Å². The number of nitrogens with two attached hydrogens (primary N) is 1. The second-order valence-corrected chi connectivity index (χ2v) is 6.25. The van der Waals surface area contributed by atoms with E-state index in [1.54, 1.807) is 6.92 Å². The van der Waals surface area contributed by atoms with Crippen LogP contribution in [-0.4, -0.2) is 48.3 Å². The molecule has 0 bridgehead atoms. The summed E-state index contributed by atoms with van der Waals surface area (Å²) in [5.41, 5.74) is 2.30. The van der Waals surface area contributed by atoms with Crippen LogP contribution in [0.3, 0.4) is 0 Å². The van der Waals surface area contributed by atoms with E-state index in [9.17, 15) is 8.42 Å². The van der Waals surface area contributed by atoms with E-state index in [4.69, 9.17) is 10.6 Å². The van der Waals surface area contributed by atoms with Gasteiger partial charge in [0.1, 0.15) is 0 Å². The summed E-state index contributed by atoms with van der Waals surface area (Å²) in [5.74, 6) is 5.47. The lowest BCUT2D eigenvalue weighted by Gasteiger charge is -2.11. The summed E-state index contributed by atoms with van der Waals surface area (Å²) in [6.07, 6.45) is -0.111. The first-order valence-electron chi connectivity index (χ1n) is 6.47. The molecule has 0 saturated carbocycles. The molecule has 0 aromatic carbocycles. The zero-order valence-corrected chi connectivity index (χ0v) is 13.1. The predicted molar refractivity (Wildman–Crippen MR) is 79.4 cm³/mol. The molecule has 120 valence electrons. The third kappa shape index (κ3) is 6.51. The summed E-state index contributed by atoms with van der Waals surface area (Å²) in [6, 6.07) is 0.102. The summed E-state index contributed by atoms with van der Waals surface area (Å²) in [7, 11) is -3.30. The van der Waals surface area contributed by atoms with Crippen LogP contribution in [0.2, 0.25) is 0 Å². The van der Waals surface area contributed by atoms with E-state index in [0.29, 0.717) is 6.54 Å². The number of anilines is 2. The molecule has 1 aromatic heterocycles. The topological polar surface area (TPSA) is 144 Å². The van der Waals surface area contributed by atoms with Gasteiger partial charge in [-0.15, -0.1) is 0 Å². The van der Waals surface area contributed by atoms with Crippen LogP contribution in [0.1, 0.15) is 20.8 Å². The molecular formula is C10H21N7O3S. The van der Waals surface area contributed by atoms with Gasteiger partial charge in [-0.2, -0.15) is 15.0 Å². The molecular weight excluding hydrogens is 298 g/mol. The second-order valence-electron chi connectivity index (χ2n) is 4.32. The first kappa shape index (κ1) is 17.3. The Labute approximate surface area is 123 Å². The molecule has 0 saturated heterocycles. The Morgan fingerprint density at radius 2 is 1.90 bits per heavy atom. The smallest absolute Gasteiger partial charge is 0.323 e. The van der Waals surface area contributed by atoms with Crippen LogP contribution < -0.4 is 26.0 Å². The van der Waals surface area contributed by atoms with Crippen LogP contribution in [0.25, 0.3) is 0 Å². The van der Waals surface area contributed by atoms with Gasteiger partial charge in [-0.1, -0.05) is 6.92 Å². The zero-order valence-electron chi connectivity index (χ0n) is 12.3. The van der Waals surface area contributed by atoms with Gasteiger partial charge in [-0.3, -0.25) is 5.43 Å². The number of rotatable bonds is 9. The minimum Gasteiger partial charge on any atom is -0.461 e. The first-order valence-corrected chi connectivity index (χ1v) is 8.12. The standard InChI is InChI=1S/C10H21N7O3S/c1-4-13-21(18,19)6-5-12-8-14-9(17-11)16-10(15-8)20-7(2)3/h7,13H,4-6,11H2,1-3H3,(H2,12,14,15,16,17). The van der Waals surface area contributed by atoms with Gasteiger partial charge in [0.25, 0.3) is 0 Å². The van der Waals surface area contributed by atoms with Crippen molar-refractivity contribution in [2.75, 3.05) is 29.6 Å². The highest BCUT2D eigenvalue weighted by Crippen LogP contribution is 2.11. The highest BCUT2D eigenvalue weighted by Gasteiger charge is 2.11. The Hall–Kier alpha value is -1.72. The SMILES string of the molecule is CCNS(=O)(=O)CCNc1nc(NN)nc(OC(C)C)n1. The van der Waals surface area contributed by atoms with Crippen molar-refractivity contribution in [3.63, 3.8) is 0 Å². The van der Waals surface area contributed by atoms with Crippen molar-refractivity contribution in [2.45, 2.75) is 26.9 Å². The molecule has 11 heteroatoms. The molecule has 10 nitrogen and oxygen atoms in total. The summed E-state index contributed by atoms with van der Waals surface area (Å²) in [4.78, 5) is 11.9. The maximum Gasteiger partial charge on any atom is 0.323 e. The summed E-state index contributed by atoms with van der Waals surface area (Å²) in [6.45, 7) is 5.86. The lowest BCUT2D eigenvalue weighted by atomic mass is 10.5. The number of nitrogens with one attached hydrogen (secondary N) is 3. The Morgan fingerprint density at radius 1 is 1.24 bits per heavy atom. The van der Waals surface area contributed by atoms with Crippen LogP contribution in [0, 0.1) is 0 Å². The number of aromatic nitrogens is 3. The fraction of sp³-hybridized carbons (Fsp3) is 0.700. The number of nitrogens with zero attached hydrogens (tertiary/aromatic N) is 3. The Kier molecular flexibility index (Phi) is 6.52. The number of hydrogen-bond acceptors (Lipinski definition) is 9. The second kappa shape index (κ2) is 7.90. The molecule has 0 fully saturated rings. The maximum atomic E-state index is 11.5. The largest absolute Gasteiger partial charge is 0.461 e. The zero-order chi connectivity index (χ0) is 15.9. The van der Waals surface area contributed by atoms with E-state index in [1.165, 1.54) is 0 Å². The highest BCUT2D eigenvalue weighted by molar-refractivity contribution is 7.89. The Bertz CT molecular complexity index is 550. The number of sulfonamides is 1. The van der Waals surface area contributed by atoms with Gasteiger partial charge in [-0.05, 0) is 13.8 Å². The van der Waals surface area contributed by atoms with Gasteiger partial charge >= 0.3 is 6.01 Å². The van der Waals surface area contributed by atoms with Gasteiger partial charge in [0.2, 0.25) is 21.9 Å². The van der Waals surface area contributed by atoms with Crippen molar-refractivity contribution < 1.29 is 13.2 Å². The van der Waals surface area contributed by atoms with Crippen molar-refractivity contribution in [3.8, 4) is 6.01 Å². The molecule has 0 aliphatic heterocycles. The Balaban J connectivity index is 2.69. The van der Waals surface area contributed by atoms with E-state index in [-0.39, 0.29) is 36.3 Å². The van der Waals surface area contributed by atoms with Crippen molar-refractivity contribution in [3.05, 3.63) is 0 Å². The number of hydrogen-bond donors (Lipinski definition) is 4. The highest BCUT2D eigenvalue weighted by atomic mass is 32.2. The molecule has 0 atom stereocenters. The molecule has 0 radical (unpaired) electrons. The molecule has 5 N–H and O–H groups in total. The number of hydrazine groups is 1. The maximum absolute atomic E-state index is 11.5. The molecule has 1 aromatic rings.